The SMILES string of the molecule is CNc1cccc(CON)c1. The standard InChI is InChI=1S/C8H12N2O/c1-10-8-4-2-3-7(5-8)6-11-9/h2-5,10H,6,9H2,1H3. The van der Waals surface area contributed by atoms with E-state index >= 15 is 0 Å². The molecule has 0 aliphatic heterocycles. The minimum atomic E-state index is 0.454. The quantitative estimate of drug-likeness (QED) is 0.638. The number of rotatable bonds is 3. The summed E-state index contributed by atoms with van der Waals surface area (Å²) in [5, 5.41) is 3.03. The number of nitrogens with two attached hydrogens (primary N) is 1. The molecule has 0 radical (unpaired) electrons. The molecule has 1 aromatic rings. The number of hydrogen-bond donors (Lipinski definition) is 2. The molecular weight excluding hydrogens is 140 g/mol. The van der Waals surface area contributed by atoms with Crippen molar-refractivity contribution in [3.63, 3.8) is 0 Å². The lowest BCUT2D eigenvalue weighted by molar-refractivity contribution is 0.124. The van der Waals surface area contributed by atoms with Gasteiger partial charge in [0.1, 0.15) is 0 Å². The molecule has 11 heavy (non-hydrogen) atoms. The normalized spacial score (nSPS) is 9.64. The number of nitrogens with one attached hydrogen (secondary N) is 1. The van der Waals surface area contributed by atoms with E-state index < -0.39 is 0 Å². The van der Waals surface area contributed by atoms with Gasteiger partial charge in [0.2, 0.25) is 0 Å². The molecule has 0 saturated heterocycles. The van der Waals surface area contributed by atoms with Crippen molar-refractivity contribution in [3.05, 3.63) is 29.8 Å². The van der Waals surface area contributed by atoms with Crippen LogP contribution in [-0.4, -0.2) is 7.05 Å². The maximum atomic E-state index is 4.93. The Balaban J connectivity index is 2.74. The van der Waals surface area contributed by atoms with Gasteiger partial charge in [0.25, 0.3) is 0 Å². The smallest absolute Gasteiger partial charge is 0.0930 e. The molecule has 60 valence electrons. The summed E-state index contributed by atoms with van der Waals surface area (Å²) in [6.07, 6.45) is 0. The summed E-state index contributed by atoms with van der Waals surface area (Å²) in [7, 11) is 1.88. The Morgan fingerprint density at radius 2 is 2.36 bits per heavy atom. The van der Waals surface area contributed by atoms with Crippen LogP contribution in [0.4, 0.5) is 5.69 Å². The molecule has 0 amide bonds. The monoisotopic (exact) mass is 152 g/mol. The van der Waals surface area contributed by atoms with Crippen LogP contribution < -0.4 is 11.2 Å². The Morgan fingerprint density at radius 1 is 1.55 bits per heavy atom. The first kappa shape index (κ1) is 8.04. The average Bonchev–Trinajstić information content (AvgIpc) is 2.06. The third-order valence-corrected chi connectivity index (χ3v) is 1.47. The first-order valence-corrected chi connectivity index (χ1v) is 3.45. The van der Waals surface area contributed by atoms with E-state index in [1.807, 2.05) is 31.3 Å². The Kier molecular flexibility index (Phi) is 2.89. The zero-order valence-electron chi connectivity index (χ0n) is 6.50. The summed E-state index contributed by atoms with van der Waals surface area (Å²) in [6, 6.07) is 7.90. The predicted octanol–water partition coefficient (Wildman–Crippen LogP) is 1.12. The molecular formula is C8H12N2O. The van der Waals surface area contributed by atoms with Crippen molar-refractivity contribution in [1.29, 1.82) is 0 Å². The molecule has 0 aromatic heterocycles. The van der Waals surface area contributed by atoms with Gasteiger partial charge in [-0.3, -0.25) is 4.84 Å². The molecule has 0 aliphatic rings. The van der Waals surface area contributed by atoms with Gasteiger partial charge in [0, 0.05) is 12.7 Å². The highest BCUT2D eigenvalue weighted by molar-refractivity contribution is 5.44. The molecule has 3 heteroatoms. The van der Waals surface area contributed by atoms with Crippen LogP contribution in [0.15, 0.2) is 24.3 Å². The fourth-order valence-electron chi connectivity index (χ4n) is 0.913. The summed E-state index contributed by atoms with van der Waals surface area (Å²) < 4.78 is 0. The second kappa shape index (κ2) is 3.95. The molecule has 0 bridgehead atoms. The maximum absolute atomic E-state index is 4.93. The van der Waals surface area contributed by atoms with Crippen molar-refractivity contribution in [1.82, 2.24) is 0 Å². The molecule has 0 fully saturated rings. The van der Waals surface area contributed by atoms with Gasteiger partial charge in [-0.05, 0) is 17.7 Å². The lowest BCUT2D eigenvalue weighted by atomic mass is 10.2. The van der Waals surface area contributed by atoms with Gasteiger partial charge < -0.3 is 5.32 Å². The first-order valence-electron chi connectivity index (χ1n) is 3.45. The van der Waals surface area contributed by atoms with E-state index in [1.54, 1.807) is 0 Å². The van der Waals surface area contributed by atoms with Crippen LogP contribution in [0.1, 0.15) is 5.56 Å². The van der Waals surface area contributed by atoms with Crippen molar-refractivity contribution in [2.45, 2.75) is 6.61 Å². The molecule has 1 rings (SSSR count). The third-order valence-electron chi connectivity index (χ3n) is 1.47. The average molecular weight is 152 g/mol. The Hall–Kier alpha value is -1.06. The molecule has 0 saturated carbocycles. The van der Waals surface area contributed by atoms with E-state index in [4.69, 9.17) is 5.90 Å². The van der Waals surface area contributed by atoms with E-state index in [0.717, 1.165) is 11.3 Å². The van der Waals surface area contributed by atoms with Crippen molar-refractivity contribution in [2.75, 3.05) is 12.4 Å². The molecule has 0 unspecified atom stereocenters. The third kappa shape index (κ3) is 2.22. The minimum Gasteiger partial charge on any atom is -0.388 e. The second-order valence-electron chi connectivity index (χ2n) is 2.26. The van der Waals surface area contributed by atoms with Crippen LogP contribution in [0.2, 0.25) is 0 Å². The van der Waals surface area contributed by atoms with E-state index in [9.17, 15) is 0 Å². The van der Waals surface area contributed by atoms with Crippen molar-refractivity contribution in [3.8, 4) is 0 Å². The maximum Gasteiger partial charge on any atom is 0.0930 e. The lowest BCUT2D eigenvalue weighted by Crippen LogP contribution is -1.99. The van der Waals surface area contributed by atoms with Crippen LogP contribution >= 0.6 is 0 Å². The second-order valence-corrected chi connectivity index (χ2v) is 2.26. The highest BCUT2D eigenvalue weighted by atomic mass is 16.6. The first-order chi connectivity index (χ1) is 5.36. The van der Waals surface area contributed by atoms with Crippen molar-refractivity contribution < 1.29 is 4.84 Å². The zero-order valence-corrected chi connectivity index (χ0v) is 6.50. The fourth-order valence-corrected chi connectivity index (χ4v) is 0.913. The predicted molar refractivity (Wildman–Crippen MR) is 45.0 cm³/mol. The Labute approximate surface area is 66.1 Å². The number of anilines is 1. The van der Waals surface area contributed by atoms with E-state index in [0.29, 0.717) is 6.61 Å². The lowest BCUT2D eigenvalue weighted by Gasteiger charge is -2.02. The van der Waals surface area contributed by atoms with Gasteiger partial charge in [-0.2, -0.15) is 0 Å². The van der Waals surface area contributed by atoms with Gasteiger partial charge in [-0.1, -0.05) is 12.1 Å². The molecule has 0 heterocycles. The summed E-state index contributed by atoms with van der Waals surface area (Å²) in [5.41, 5.74) is 2.14. The largest absolute Gasteiger partial charge is 0.388 e. The molecule has 0 aliphatic carbocycles. The van der Waals surface area contributed by atoms with E-state index in [-0.39, 0.29) is 0 Å². The molecule has 3 N–H and O–H groups in total. The van der Waals surface area contributed by atoms with Crippen LogP contribution in [0.25, 0.3) is 0 Å². The number of benzene rings is 1. The van der Waals surface area contributed by atoms with Crippen molar-refractivity contribution >= 4 is 5.69 Å². The summed E-state index contributed by atoms with van der Waals surface area (Å²) in [4.78, 5) is 4.50. The number of hydrogen-bond acceptors (Lipinski definition) is 3. The van der Waals surface area contributed by atoms with Gasteiger partial charge in [-0.25, -0.2) is 5.90 Å². The molecule has 0 atom stereocenters. The molecule has 3 nitrogen and oxygen atoms in total. The highest BCUT2D eigenvalue weighted by Gasteiger charge is 1.92. The molecule has 0 spiro atoms. The van der Waals surface area contributed by atoms with Crippen LogP contribution in [0.5, 0.6) is 0 Å². The van der Waals surface area contributed by atoms with Crippen LogP contribution in [0, 0.1) is 0 Å². The zero-order chi connectivity index (χ0) is 8.10. The Morgan fingerprint density at radius 3 is 3.00 bits per heavy atom. The van der Waals surface area contributed by atoms with Gasteiger partial charge in [0.15, 0.2) is 0 Å². The Bertz CT molecular complexity index is 225. The molecule has 1 aromatic carbocycles. The minimum absolute atomic E-state index is 0.454. The van der Waals surface area contributed by atoms with Gasteiger partial charge in [0.05, 0.1) is 6.61 Å². The summed E-state index contributed by atoms with van der Waals surface area (Å²) >= 11 is 0. The van der Waals surface area contributed by atoms with E-state index in [1.165, 1.54) is 0 Å². The fraction of sp³-hybridized carbons (Fsp3) is 0.250. The van der Waals surface area contributed by atoms with Crippen molar-refractivity contribution in [2.24, 2.45) is 5.90 Å². The van der Waals surface area contributed by atoms with Crippen LogP contribution in [0.3, 0.4) is 0 Å². The highest BCUT2D eigenvalue weighted by Crippen LogP contribution is 2.09. The summed E-state index contributed by atoms with van der Waals surface area (Å²) in [6.45, 7) is 0.454. The topological polar surface area (TPSA) is 47.3 Å². The van der Waals surface area contributed by atoms with Gasteiger partial charge >= 0.3 is 0 Å². The van der Waals surface area contributed by atoms with Crippen LogP contribution in [-0.2, 0) is 11.4 Å². The van der Waals surface area contributed by atoms with Gasteiger partial charge in [-0.15, -0.1) is 0 Å². The van der Waals surface area contributed by atoms with E-state index in [2.05, 4.69) is 10.2 Å². The summed E-state index contributed by atoms with van der Waals surface area (Å²) in [5.74, 6) is 4.93.